The molecule has 0 saturated carbocycles. The molecule has 2 heterocycles. The van der Waals surface area contributed by atoms with E-state index in [9.17, 15) is 9.59 Å². The number of rotatable bonds is 3. The van der Waals surface area contributed by atoms with Crippen molar-refractivity contribution in [2.75, 3.05) is 5.32 Å². The van der Waals surface area contributed by atoms with Gasteiger partial charge in [-0.15, -0.1) is 0 Å². The van der Waals surface area contributed by atoms with Gasteiger partial charge in [0.05, 0.1) is 11.1 Å². The summed E-state index contributed by atoms with van der Waals surface area (Å²) in [7, 11) is 0. The molecule has 0 saturated heterocycles. The quantitative estimate of drug-likeness (QED) is 0.464. The second-order valence-corrected chi connectivity index (χ2v) is 5.35. The summed E-state index contributed by atoms with van der Waals surface area (Å²) in [5.74, 6) is -0.452. The maximum atomic E-state index is 11.6. The molecule has 0 aliphatic carbocycles. The van der Waals surface area contributed by atoms with Gasteiger partial charge in [-0.3, -0.25) is 9.89 Å². The van der Waals surface area contributed by atoms with Gasteiger partial charge in [-0.05, 0) is 36.4 Å². The highest BCUT2D eigenvalue weighted by Gasteiger charge is 2.11. The second kappa shape index (κ2) is 5.24. The molecule has 7 heteroatoms. The molecule has 118 valence electrons. The van der Waals surface area contributed by atoms with E-state index in [1.165, 1.54) is 18.2 Å². The fourth-order valence-corrected chi connectivity index (χ4v) is 2.68. The topological polar surface area (TPSA) is 111 Å². The van der Waals surface area contributed by atoms with Crippen molar-refractivity contribution in [3.8, 4) is 0 Å². The van der Waals surface area contributed by atoms with Gasteiger partial charge in [0, 0.05) is 22.7 Å². The number of aromatic nitrogens is 3. The number of hydrogen-bond acceptors (Lipinski definition) is 4. The molecule has 4 rings (SSSR count). The lowest BCUT2D eigenvalue weighted by atomic mass is 10.1. The smallest absolute Gasteiger partial charge is 0.335 e. The minimum atomic E-state index is -0.994. The number of fused-ring (bicyclic) bond motifs is 3. The molecule has 2 aromatic heterocycles. The summed E-state index contributed by atoms with van der Waals surface area (Å²) in [6, 6.07) is 11.2. The fraction of sp³-hybridized carbons (Fsp3) is 0. The Balaban J connectivity index is 1.88. The van der Waals surface area contributed by atoms with Crippen LogP contribution in [0.1, 0.15) is 10.4 Å². The summed E-state index contributed by atoms with van der Waals surface area (Å²) >= 11 is 0. The molecule has 24 heavy (non-hydrogen) atoms. The van der Waals surface area contributed by atoms with E-state index in [1.54, 1.807) is 30.5 Å². The van der Waals surface area contributed by atoms with Gasteiger partial charge in [-0.1, -0.05) is 6.07 Å². The summed E-state index contributed by atoms with van der Waals surface area (Å²) in [5.41, 5.74) is 2.09. The lowest BCUT2D eigenvalue weighted by Gasteiger charge is -2.09. The van der Waals surface area contributed by atoms with Gasteiger partial charge < -0.3 is 15.5 Å². The molecule has 0 radical (unpaired) electrons. The molecular formula is C17H12N4O3. The monoisotopic (exact) mass is 320 g/mol. The molecule has 0 atom stereocenters. The Morgan fingerprint density at radius 2 is 2.00 bits per heavy atom. The Morgan fingerprint density at radius 1 is 1.12 bits per heavy atom. The van der Waals surface area contributed by atoms with Crippen LogP contribution < -0.4 is 10.7 Å². The third kappa shape index (κ3) is 2.28. The van der Waals surface area contributed by atoms with Gasteiger partial charge in [-0.25, -0.2) is 9.78 Å². The molecule has 0 unspecified atom stereocenters. The van der Waals surface area contributed by atoms with Gasteiger partial charge in [0.1, 0.15) is 5.52 Å². The Hall–Kier alpha value is -3.61. The Morgan fingerprint density at radius 3 is 2.83 bits per heavy atom. The van der Waals surface area contributed by atoms with E-state index in [4.69, 9.17) is 5.11 Å². The molecule has 0 bridgehead atoms. The van der Waals surface area contributed by atoms with Gasteiger partial charge >= 0.3 is 5.97 Å². The molecule has 7 nitrogen and oxygen atoms in total. The van der Waals surface area contributed by atoms with Crippen molar-refractivity contribution in [3.05, 3.63) is 64.4 Å². The molecule has 0 aliphatic rings. The molecular weight excluding hydrogens is 308 g/mol. The van der Waals surface area contributed by atoms with Gasteiger partial charge in [0.2, 0.25) is 0 Å². The summed E-state index contributed by atoms with van der Waals surface area (Å²) in [6.45, 7) is 0. The van der Waals surface area contributed by atoms with Crippen LogP contribution in [0.5, 0.6) is 0 Å². The van der Waals surface area contributed by atoms with Crippen LogP contribution >= 0.6 is 0 Å². The first-order valence-electron chi connectivity index (χ1n) is 7.22. The molecule has 2 aromatic carbocycles. The third-order valence-electron chi connectivity index (χ3n) is 3.78. The second-order valence-electron chi connectivity index (χ2n) is 5.35. The highest BCUT2D eigenvalue weighted by atomic mass is 16.4. The first-order chi connectivity index (χ1) is 11.6. The minimum absolute atomic E-state index is 0.0818. The molecule has 0 spiro atoms. The number of carboxylic acid groups (broad SMARTS) is 1. The van der Waals surface area contributed by atoms with Crippen LogP contribution in [0, 0.1) is 0 Å². The van der Waals surface area contributed by atoms with E-state index < -0.39 is 5.97 Å². The zero-order valence-corrected chi connectivity index (χ0v) is 12.3. The van der Waals surface area contributed by atoms with Crippen molar-refractivity contribution in [1.29, 1.82) is 0 Å². The molecule has 0 amide bonds. The van der Waals surface area contributed by atoms with Crippen molar-refractivity contribution in [1.82, 2.24) is 15.2 Å². The summed E-state index contributed by atoms with van der Waals surface area (Å²) < 4.78 is 0. The molecule has 4 aromatic rings. The number of nitrogens with zero attached hydrogens (tertiary/aromatic N) is 1. The van der Waals surface area contributed by atoms with E-state index in [0.29, 0.717) is 22.5 Å². The first kappa shape index (κ1) is 14.0. The molecule has 4 N–H and O–H groups in total. The van der Waals surface area contributed by atoms with Crippen molar-refractivity contribution in [2.24, 2.45) is 0 Å². The van der Waals surface area contributed by atoms with E-state index in [0.717, 1.165) is 10.8 Å². The van der Waals surface area contributed by atoms with Crippen molar-refractivity contribution >= 4 is 39.3 Å². The van der Waals surface area contributed by atoms with Crippen LogP contribution in [-0.2, 0) is 0 Å². The average Bonchev–Trinajstić information content (AvgIpc) is 3.06. The number of aromatic carboxylic acids is 1. The Labute approximate surface area is 135 Å². The van der Waals surface area contributed by atoms with E-state index in [1.807, 2.05) is 0 Å². The zero-order chi connectivity index (χ0) is 16.7. The van der Waals surface area contributed by atoms with Gasteiger partial charge in [-0.2, -0.15) is 0 Å². The maximum absolute atomic E-state index is 11.6. The summed E-state index contributed by atoms with van der Waals surface area (Å²) in [6.07, 6.45) is 1.76. The molecule has 0 aliphatic heterocycles. The Kier molecular flexibility index (Phi) is 3.06. The largest absolute Gasteiger partial charge is 0.478 e. The fourth-order valence-electron chi connectivity index (χ4n) is 2.68. The SMILES string of the molecule is O=C(O)c1cccc(Nc2nc3ccc(=O)cc3c3c[nH][nH]c23)c1. The number of nitrogens with one attached hydrogen (secondary N) is 3. The first-order valence-corrected chi connectivity index (χ1v) is 7.22. The normalized spacial score (nSPS) is 11.0. The zero-order valence-electron chi connectivity index (χ0n) is 12.3. The lowest BCUT2D eigenvalue weighted by molar-refractivity contribution is 0.0697. The van der Waals surface area contributed by atoms with Crippen LogP contribution in [0.4, 0.5) is 11.5 Å². The minimum Gasteiger partial charge on any atom is -0.478 e. The lowest BCUT2D eigenvalue weighted by Crippen LogP contribution is -2.01. The average molecular weight is 320 g/mol. The van der Waals surface area contributed by atoms with Crippen LogP contribution in [0.2, 0.25) is 0 Å². The van der Waals surface area contributed by atoms with Crippen LogP contribution in [0.3, 0.4) is 0 Å². The number of aromatic amines is 2. The number of carboxylic acids is 1. The maximum Gasteiger partial charge on any atom is 0.335 e. The predicted octanol–water partition coefficient (Wildman–Crippen LogP) is 2.85. The number of hydrogen-bond donors (Lipinski definition) is 4. The molecule has 0 fully saturated rings. The van der Waals surface area contributed by atoms with E-state index in [-0.39, 0.29) is 11.0 Å². The number of carbonyl (C=O) groups is 1. The third-order valence-corrected chi connectivity index (χ3v) is 3.78. The number of H-pyrrole nitrogens is 2. The highest BCUT2D eigenvalue weighted by Crippen LogP contribution is 2.28. The predicted molar refractivity (Wildman–Crippen MR) is 90.9 cm³/mol. The number of benzene rings is 2. The highest BCUT2D eigenvalue weighted by molar-refractivity contribution is 6.08. The van der Waals surface area contributed by atoms with Crippen molar-refractivity contribution < 1.29 is 9.90 Å². The van der Waals surface area contributed by atoms with Crippen LogP contribution in [0.25, 0.3) is 21.8 Å². The number of pyridine rings is 1. The van der Waals surface area contributed by atoms with Crippen LogP contribution in [0.15, 0.2) is 53.5 Å². The Bertz CT molecular complexity index is 1140. The van der Waals surface area contributed by atoms with E-state index >= 15 is 0 Å². The van der Waals surface area contributed by atoms with Crippen molar-refractivity contribution in [2.45, 2.75) is 0 Å². The number of anilines is 2. The van der Waals surface area contributed by atoms with E-state index in [2.05, 4.69) is 20.5 Å². The summed E-state index contributed by atoms with van der Waals surface area (Å²) in [4.78, 5) is 27.2. The summed E-state index contributed by atoms with van der Waals surface area (Å²) in [5, 5.41) is 19.7. The standard InChI is InChI=1S/C17H12N4O3/c22-11-4-5-14-12(7-11)13-8-18-21-15(13)16(20-14)19-10-3-1-2-9(6-10)17(23)24/h1-8,18-19,21H,(H,23,24). The van der Waals surface area contributed by atoms with Gasteiger partial charge in [0.15, 0.2) is 11.2 Å². The van der Waals surface area contributed by atoms with Gasteiger partial charge in [0.25, 0.3) is 0 Å². The van der Waals surface area contributed by atoms with Crippen LogP contribution in [-0.4, -0.2) is 26.3 Å². The van der Waals surface area contributed by atoms with Crippen molar-refractivity contribution in [3.63, 3.8) is 0 Å².